The molecule has 0 fully saturated rings. The van der Waals surface area contributed by atoms with Crippen molar-refractivity contribution in [1.29, 1.82) is 0 Å². The van der Waals surface area contributed by atoms with E-state index in [1.54, 1.807) is 0 Å². The molecule has 1 aromatic carbocycles. The molecule has 0 aliphatic rings. The maximum Gasteiger partial charge on any atom is 0.213 e. The van der Waals surface area contributed by atoms with E-state index in [1.807, 2.05) is 24.3 Å². The Morgan fingerprint density at radius 1 is 1.35 bits per heavy atom. The van der Waals surface area contributed by atoms with Crippen LogP contribution in [0.25, 0.3) is 0 Å². The highest BCUT2D eigenvalue weighted by molar-refractivity contribution is 6.30. The largest absolute Gasteiger partial charge is 0.343 e. The lowest BCUT2D eigenvalue weighted by Gasteiger charge is -2.12. The SMILES string of the molecule is CC(Cc1ccc(Cl)cc1)NCc1ncon1. The van der Waals surface area contributed by atoms with Crippen LogP contribution in [0.2, 0.25) is 5.02 Å². The molecule has 0 spiro atoms. The minimum Gasteiger partial charge on any atom is -0.343 e. The molecule has 0 aliphatic heterocycles. The van der Waals surface area contributed by atoms with E-state index in [4.69, 9.17) is 11.6 Å². The summed E-state index contributed by atoms with van der Waals surface area (Å²) in [7, 11) is 0. The molecule has 0 aliphatic carbocycles. The van der Waals surface area contributed by atoms with Crippen LogP contribution in [0.4, 0.5) is 0 Å². The van der Waals surface area contributed by atoms with Gasteiger partial charge in [-0.1, -0.05) is 28.9 Å². The average molecular weight is 252 g/mol. The van der Waals surface area contributed by atoms with Gasteiger partial charge in [0.05, 0.1) is 6.54 Å². The van der Waals surface area contributed by atoms with Crippen LogP contribution in [0.3, 0.4) is 0 Å². The lowest BCUT2D eigenvalue weighted by Crippen LogP contribution is -2.27. The Hall–Kier alpha value is -1.39. The van der Waals surface area contributed by atoms with Gasteiger partial charge in [0.2, 0.25) is 6.39 Å². The highest BCUT2D eigenvalue weighted by Crippen LogP contribution is 2.11. The van der Waals surface area contributed by atoms with E-state index in [-0.39, 0.29) is 0 Å². The summed E-state index contributed by atoms with van der Waals surface area (Å²) in [6, 6.07) is 8.23. The molecule has 1 aromatic heterocycles. The number of hydrogen-bond donors (Lipinski definition) is 1. The van der Waals surface area contributed by atoms with Crippen molar-refractivity contribution < 1.29 is 4.52 Å². The maximum atomic E-state index is 5.83. The van der Waals surface area contributed by atoms with Crippen LogP contribution >= 0.6 is 11.6 Å². The molecule has 5 heteroatoms. The molecular weight excluding hydrogens is 238 g/mol. The summed E-state index contributed by atoms with van der Waals surface area (Å²) in [5, 5.41) is 7.84. The van der Waals surface area contributed by atoms with Gasteiger partial charge in [0.25, 0.3) is 0 Å². The molecule has 1 N–H and O–H groups in total. The fourth-order valence-electron chi connectivity index (χ4n) is 1.58. The molecule has 4 nitrogen and oxygen atoms in total. The molecule has 2 rings (SSSR count). The molecule has 0 radical (unpaired) electrons. The average Bonchev–Trinajstić information content (AvgIpc) is 2.83. The van der Waals surface area contributed by atoms with Crippen molar-refractivity contribution in [3.63, 3.8) is 0 Å². The summed E-state index contributed by atoms with van der Waals surface area (Å²) < 4.78 is 4.66. The lowest BCUT2D eigenvalue weighted by atomic mass is 10.1. The Bertz CT molecular complexity index is 441. The first kappa shape index (κ1) is 12.1. The number of halogens is 1. The lowest BCUT2D eigenvalue weighted by molar-refractivity contribution is 0.404. The number of aromatic nitrogens is 2. The third-order valence-electron chi connectivity index (χ3n) is 2.47. The van der Waals surface area contributed by atoms with Crippen molar-refractivity contribution in [1.82, 2.24) is 15.5 Å². The van der Waals surface area contributed by atoms with E-state index in [1.165, 1.54) is 12.0 Å². The number of nitrogens with one attached hydrogen (secondary N) is 1. The fraction of sp³-hybridized carbons (Fsp3) is 0.333. The van der Waals surface area contributed by atoms with Gasteiger partial charge in [0, 0.05) is 11.1 Å². The van der Waals surface area contributed by atoms with Crippen LogP contribution in [0.5, 0.6) is 0 Å². The van der Waals surface area contributed by atoms with E-state index in [9.17, 15) is 0 Å². The van der Waals surface area contributed by atoms with E-state index in [0.29, 0.717) is 18.4 Å². The second-order valence-corrected chi connectivity index (χ2v) is 4.40. The summed E-state index contributed by atoms with van der Waals surface area (Å²) in [5.41, 5.74) is 1.25. The van der Waals surface area contributed by atoms with Crippen LogP contribution < -0.4 is 5.32 Å². The molecule has 17 heavy (non-hydrogen) atoms. The van der Waals surface area contributed by atoms with Crippen LogP contribution in [-0.4, -0.2) is 16.2 Å². The minimum absolute atomic E-state index is 0.342. The maximum absolute atomic E-state index is 5.83. The summed E-state index contributed by atoms with van der Waals surface area (Å²) in [6.07, 6.45) is 2.27. The van der Waals surface area contributed by atoms with Gasteiger partial charge < -0.3 is 9.84 Å². The standard InChI is InChI=1S/C12H14ClN3O/c1-9(14-7-12-15-8-17-16-12)6-10-2-4-11(13)5-3-10/h2-5,8-9,14H,6-7H2,1H3. The molecule has 0 bridgehead atoms. The molecule has 1 atom stereocenters. The Morgan fingerprint density at radius 2 is 2.12 bits per heavy atom. The van der Waals surface area contributed by atoms with Crippen LogP contribution in [-0.2, 0) is 13.0 Å². The number of benzene rings is 1. The Kier molecular flexibility index (Phi) is 4.12. The van der Waals surface area contributed by atoms with Crippen LogP contribution in [0.15, 0.2) is 35.2 Å². The van der Waals surface area contributed by atoms with Crippen molar-refractivity contribution in [2.45, 2.75) is 25.9 Å². The molecule has 2 aromatic rings. The molecule has 90 valence electrons. The quantitative estimate of drug-likeness (QED) is 0.887. The van der Waals surface area contributed by atoms with Gasteiger partial charge in [-0.05, 0) is 31.0 Å². The zero-order valence-corrected chi connectivity index (χ0v) is 10.3. The van der Waals surface area contributed by atoms with Crippen LogP contribution in [0.1, 0.15) is 18.3 Å². The number of nitrogens with zero attached hydrogens (tertiary/aromatic N) is 2. The third kappa shape index (κ3) is 3.84. The summed E-state index contributed by atoms with van der Waals surface area (Å²) in [5.74, 6) is 0.674. The predicted octanol–water partition coefficient (Wildman–Crippen LogP) is 2.44. The van der Waals surface area contributed by atoms with Gasteiger partial charge in [-0.3, -0.25) is 0 Å². The smallest absolute Gasteiger partial charge is 0.213 e. The van der Waals surface area contributed by atoms with Gasteiger partial charge >= 0.3 is 0 Å². The van der Waals surface area contributed by atoms with E-state index < -0.39 is 0 Å². The normalized spacial score (nSPS) is 12.6. The second-order valence-electron chi connectivity index (χ2n) is 3.96. The van der Waals surface area contributed by atoms with Crippen molar-refractivity contribution in [2.75, 3.05) is 0 Å². The van der Waals surface area contributed by atoms with Gasteiger partial charge in [0.1, 0.15) is 0 Å². The van der Waals surface area contributed by atoms with Crippen LogP contribution in [0, 0.1) is 0 Å². The molecule has 1 heterocycles. The fourth-order valence-corrected chi connectivity index (χ4v) is 1.71. The first-order chi connectivity index (χ1) is 8.24. The van der Waals surface area contributed by atoms with E-state index >= 15 is 0 Å². The van der Waals surface area contributed by atoms with E-state index in [0.717, 1.165) is 11.4 Å². The highest BCUT2D eigenvalue weighted by atomic mass is 35.5. The minimum atomic E-state index is 0.342. The summed E-state index contributed by atoms with van der Waals surface area (Å²) in [6.45, 7) is 2.74. The summed E-state index contributed by atoms with van der Waals surface area (Å²) >= 11 is 5.83. The summed E-state index contributed by atoms with van der Waals surface area (Å²) in [4.78, 5) is 3.95. The molecule has 1 unspecified atom stereocenters. The molecule has 0 saturated heterocycles. The molecular formula is C12H14ClN3O. The van der Waals surface area contributed by atoms with Crippen molar-refractivity contribution in [2.24, 2.45) is 0 Å². The monoisotopic (exact) mass is 251 g/mol. The zero-order chi connectivity index (χ0) is 12.1. The Morgan fingerprint density at radius 3 is 2.76 bits per heavy atom. The Balaban J connectivity index is 1.80. The Labute approximate surface area is 105 Å². The van der Waals surface area contributed by atoms with Gasteiger partial charge in [-0.25, -0.2) is 0 Å². The van der Waals surface area contributed by atoms with Crippen molar-refractivity contribution in [3.8, 4) is 0 Å². The second kappa shape index (κ2) is 5.80. The van der Waals surface area contributed by atoms with Gasteiger partial charge in [0.15, 0.2) is 5.82 Å². The number of hydrogen-bond acceptors (Lipinski definition) is 4. The van der Waals surface area contributed by atoms with Crippen molar-refractivity contribution in [3.05, 3.63) is 47.1 Å². The van der Waals surface area contributed by atoms with Crippen molar-refractivity contribution >= 4 is 11.6 Å². The molecule has 0 amide bonds. The van der Waals surface area contributed by atoms with Gasteiger partial charge in [-0.15, -0.1) is 0 Å². The van der Waals surface area contributed by atoms with Gasteiger partial charge in [-0.2, -0.15) is 4.98 Å². The first-order valence-corrected chi connectivity index (χ1v) is 5.85. The van der Waals surface area contributed by atoms with E-state index in [2.05, 4.69) is 26.9 Å². The molecule has 0 saturated carbocycles. The number of rotatable bonds is 5. The predicted molar refractivity (Wildman–Crippen MR) is 65.8 cm³/mol. The zero-order valence-electron chi connectivity index (χ0n) is 9.56. The topological polar surface area (TPSA) is 51.0 Å². The first-order valence-electron chi connectivity index (χ1n) is 5.47. The highest BCUT2D eigenvalue weighted by Gasteiger charge is 2.05. The third-order valence-corrected chi connectivity index (χ3v) is 2.72.